The van der Waals surface area contributed by atoms with Crippen molar-refractivity contribution in [1.29, 1.82) is 0 Å². The van der Waals surface area contributed by atoms with Gasteiger partial charge in [-0.2, -0.15) is 0 Å². The Labute approximate surface area is 99.4 Å². The summed E-state index contributed by atoms with van der Waals surface area (Å²) in [6, 6.07) is 4.78. The number of nitrogens with one attached hydrogen (secondary N) is 2. The van der Waals surface area contributed by atoms with Gasteiger partial charge < -0.3 is 22.1 Å². The van der Waals surface area contributed by atoms with Crippen LogP contribution in [0.1, 0.15) is 17.3 Å². The Balaban J connectivity index is 2.69. The van der Waals surface area contributed by atoms with Gasteiger partial charge in [-0.1, -0.05) is 0 Å². The summed E-state index contributed by atoms with van der Waals surface area (Å²) >= 11 is 0. The molecule has 0 spiro atoms. The number of rotatable bonds is 5. The van der Waals surface area contributed by atoms with E-state index < -0.39 is 5.91 Å². The summed E-state index contributed by atoms with van der Waals surface area (Å²) in [6.45, 7) is 2.55. The van der Waals surface area contributed by atoms with Gasteiger partial charge >= 0.3 is 0 Å². The van der Waals surface area contributed by atoms with Gasteiger partial charge in [-0.05, 0) is 25.1 Å². The SMILES string of the molecule is CCNC(=O)CNc1ccc(N)c(C(N)=O)c1. The molecule has 0 aliphatic carbocycles. The van der Waals surface area contributed by atoms with Gasteiger partial charge in [-0.15, -0.1) is 0 Å². The highest BCUT2D eigenvalue weighted by molar-refractivity contribution is 5.99. The van der Waals surface area contributed by atoms with E-state index in [1.807, 2.05) is 6.92 Å². The summed E-state index contributed by atoms with van der Waals surface area (Å²) in [5.41, 5.74) is 11.9. The Morgan fingerprint density at radius 2 is 2.06 bits per heavy atom. The van der Waals surface area contributed by atoms with Crippen LogP contribution in [0.4, 0.5) is 11.4 Å². The van der Waals surface area contributed by atoms with Crippen molar-refractivity contribution in [2.24, 2.45) is 5.73 Å². The van der Waals surface area contributed by atoms with Crippen molar-refractivity contribution in [3.05, 3.63) is 23.8 Å². The lowest BCUT2D eigenvalue weighted by Gasteiger charge is -2.08. The maximum absolute atomic E-state index is 11.2. The van der Waals surface area contributed by atoms with Crippen LogP contribution in [-0.2, 0) is 4.79 Å². The van der Waals surface area contributed by atoms with Gasteiger partial charge in [0.05, 0.1) is 12.1 Å². The zero-order valence-corrected chi connectivity index (χ0v) is 9.62. The second kappa shape index (κ2) is 5.74. The first-order valence-electron chi connectivity index (χ1n) is 5.24. The molecule has 1 aromatic rings. The molecule has 0 heterocycles. The van der Waals surface area contributed by atoms with Crippen LogP contribution in [-0.4, -0.2) is 24.9 Å². The second-order valence-corrected chi connectivity index (χ2v) is 3.47. The zero-order chi connectivity index (χ0) is 12.8. The van der Waals surface area contributed by atoms with Crippen molar-refractivity contribution in [2.75, 3.05) is 24.1 Å². The second-order valence-electron chi connectivity index (χ2n) is 3.47. The molecule has 0 saturated heterocycles. The molecular formula is C11H16N4O2. The molecule has 0 atom stereocenters. The minimum Gasteiger partial charge on any atom is -0.398 e. The minimum atomic E-state index is -0.593. The van der Waals surface area contributed by atoms with Crippen LogP contribution in [0.15, 0.2) is 18.2 Å². The summed E-state index contributed by atoms with van der Waals surface area (Å²) in [4.78, 5) is 22.3. The first-order valence-corrected chi connectivity index (χ1v) is 5.24. The number of nitrogen functional groups attached to an aromatic ring is 1. The standard InChI is InChI=1S/C11H16N4O2/c1-2-14-10(16)6-15-7-3-4-9(12)8(5-7)11(13)17/h3-5,15H,2,6,12H2,1H3,(H2,13,17)(H,14,16). The predicted molar refractivity (Wildman–Crippen MR) is 66.5 cm³/mol. The third kappa shape index (κ3) is 3.67. The van der Waals surface area contributed by atoms with Gasteiger partial charge in [0.1, 0.15) is 0 Å². The van der Waals surface area contributed by atoms with Crippen molar-refractivity contribution in [1.82, 2.24) is 5.32 Å². The van der Waals surface area contributed by atoms with E-state index in [1.165, 1.54) is 6.07 Å². The minimum absolute atomic E-state index is 0.120. The molecule has 17 heavy (non-hydrogen) atoms. The smallest absolute Gasteiger partial charge is 0.250 e. The van der Waals surface area contributed by atoms with Crippen molar-refractivity contribution >= 4 is 23.2 Å². The van der Waals surface area contributed by atoms with Crippen LogP contribution in [0.3, 0.4) is 0 Å². The fraction of sp³-hybridized carbons (Fsp3) is 0.273. The van der Waals surface area contributed by atoms with Crippen molar-refractivity contribution in [3.8, 4) is 0 Å². The van der Waals surface area contributed by atoms with Crippen LogP contribution in [0.2, 0.25) is 0 Å². The van der Waals surface area contributed by atoms with E-state index in [0.29, 0.717) is 17.9 Å². The normalized spacial score (nSPS) is 9.71. The average Bonchev–Trinajstić information content (AvgIpc) is 2.28. The third-order valence-electron chi connectivity index (χ3n) is 2.15. The van der Waals surface area contributed by atoms with Crippen LogP contribution >= 0.6 is 0 Å². The number of nitrogens with two attached hydrogens (primary N) is 2. The highest BCUT2D eigenvalue weighted by atomic mass is 16.2. The number of benzene rings is 1. The number of hydrogen-bond donors (Lipinski definition) is 4. The largest absolute Gasteiger partial charge is 0.398 e. The summed E-state index contributed by atoms with van der Waals surface area (Å²) in [7, 11) is 0. The summed E-state index contributed by atoms with van der Waals surface area (Å²) < 4.78 is 0. The Kier molecular flexibility index (Phi) is 4.33. The molecule has 6 heteroatoms. The molecule has 0 aliphatic heterocycles. The molecule has 0 aromatic heterocycles. The first-order chi connectivity index (χ1) is 8.04. The van der Waals surface area contributed by atoms with Crippen LogP contribution in [0.5, 0.6) is 0 Å². The van der Waals surface area contributed by atoms with Gasteiger partial charge in [0, 0.05) is 17.9 Å². The molecule has 0 aliphatic rings. The van der Waals surface area contributed by atoms with Gasteiger partial charge in [0.15, 0.2) is 0 Å². The number of primary amides is 1. The van der Waals surface area contributed by atoms with Crippen LogP contribution in [0, 0.1) is 0 Å². The van der Waals surface area contributed by atoms with Crippen molar-refractivity contribution in [2.45, 2.75) is 6.92 Å². The van der Waals surface area contributed by atoms with Gasteiger partial charge in [-0.3, -0.25) is 9.59 Å². The first kappa shape index (κ1) is 12.8. The molecular weight excluding hydrogens is 220 g/mol. The van der Waals surface area contributed by atoms with E-state index in [-0.39, 0.29) is 18.0 Å². The Morgan fingerprint density at radius 3 is 2.65 bits per heavy atom. The number of anilines is 2. The highest BCUT2D eigenvalue weighted by Gasteiger charge is 2.07. The van der Waals surface area contributed by atoms with E-state index in [1.54, 1.807) is 12.1 Å². The lowest BCUT2D eigenvalue weighted by molar-refractivity contribution is -0.119. The van der Waals surface area contributed by atoms with E-state index in [0.717, 1.165) is 0 Å². The van der Waals surface area contributed by atoms with Crippen molar-refractivity contribution < 1.29 is 9.59 Å². The van der Waals surface area contributed by atoms with Gasteiger partial charge in [-0.25, -0.2) is 0 Å². The fourth-order valence-electron chi connectivity index (χ4n) is 1.32. The molecule has 0 bridgehead atoms. The third-order valence-corrected chi connectivity index (χ3v) is 2.15. The Hall–Kier alpha value is -2.24. The molecule has 0 unspecified atom stereocenters. The number of carbonyl (C=O) groups excluding carboxylic acids is 2. The predicted octanol–water partition coefficient (Wildman–Crippen LogP) is -0.0843. The molecule has 1 rings (SSSR count). The molecule has 1 aromatic carbocycles. The summed E-state index contributed by atoms with van der Waals surface area (Å²) in [6.07, 6.45) is 0. The molecule has 0 fully saturated rings. The highest BCUT2D eigenvalue weighted by Crippen LogP contribution is 2.16. The van der Waals surface area contributed by atoms with E-state index in [9.17, 15) is 9.59 Å². The van der Waals surface area contributed by atoms with Crippen LogP contribution < -0.4 is 22.1 Å². The molecule has 6 nitrogen and oxygen atoms in total. The Bertz CT molecular complexity index is 431. The maximum Gasteiger partial charge on any atom is 0.250 e. The summed E-state index contributed by atoms with van der Waals surface area (Å²) in [5, 5.41) is 5.52. The molecule has 0 radical (unpaired) electrons. The molecule has 6 N–H and O–H groups in total. The van der Waals surface area contributed by atoms with Gasteiger partial charge in [0.2, 0.25) is 5.91 Å². The molecule has 2 amide bonds. The quantitative estimate of drug-likeness (QED) is 0.536. The van der Waals surface area contributed by atoms with Crippen LogP contribution in [0.25, 0.3) is 0 Å². The van der Waals surface area contributed by atoms with Crippen molar-refractivity contribution in [3.63, 3.8) is 0 Å². The number of likely N-dealkylation sites (N-methyl/N-ethyl adjacent to an activating group) is 1. The Morgan fingerprint density at radius 1 is 1.35 bits per heavy atom. The monoisotopic (exact) mass is 236 g/mol. The molecule has 92 valence electrons. The number of amides is 2. The summed E-state index contributed by atoms with van der Waals surface area (Å²) in [5.74, 6) is -0.714. The van der Waals surface area contributed by atoms with E-state index in [4.69, 9.17) is 11.5 Å². The molecule has 0 saturated carbocycles. The zero-order valence-electron chi connectivity index (χ0n) is 9.62. The van der Waals surface area contributed by atoms with Gasteiger partial charge in [0.25, 0.3) is 5.91 Å². The maximum atomic E-state index is 11.2. The topological polar surface area (TPSA) is 110 Å². The lowest BCUT2D eigenvalue weighted by Crippen LogP contribution is -2.29. The van der Waals surface area contributed by atoms with E-state index in [2.05, 4.69) is 10.6 Å². The number of carbonyl (C=O) groups is 2. The average molecular weight is 236 g/mol. The lowest BCUT2D eigenvalue weighted by atomic mass is 10.1. The fourth-order valence-corrected chi connectivity index (χ4v) is 1.32. The van der Waals surface area contributed by atoms with E-state index >= 15 is 0 Å². The number of hydrogen-bond acceptors (Lipinski definition) is 4.